The van der Waals surface area contributed by atoms with E-state index in [9.17, 15) is 22.4 Å². The van der Waals surface area contributed by atoms with E-state index in [4.69, 9.17) is 0 Å². The van der Waals surface area contributed by atoms with E-state index in [1.165, 1.54) is 24.3 Å². The van der Waals surface area contributed by atoms with Gasteiger partial charge in [-0.2, -0.15) is 0 Å². The minimum absolute atomic E-state index is 0.183. The van der Waals surface area contributed by atoms with Crippen LogP contribution in [0.4, 0.5) is 29.1 Å². The zero-order valence-corrected chi connectivity index (χ0v) is 17.3. The summed E-state index contributed by atoms with van der Waals surface area (Å²) in [6.45, 7) is 1.22. The van der Waals surface area contributed by atoms with Crippen LogP contribution in [0, 0.1) is 11.7 Å². The van der Waals surface area contributed by atoms with Crippen molar-refractivity contribution < 1.29 is 27.1 Å². The van der Waals surface area contributed by atoms with Gasteiger partial charge < -0.3 is 15.0 Å². The second-order valence-electron chi connectivity index (χ2n) is 7.61. The Kier molecular flexibility index (Phi) is 6.43. The van der Waals surface area contributed by atoms with Crippen LogP contribution in [-0.4, -0.2) is 35.6 Å². The molecular formula is C23H20F4N4O2. The summed E-state index contributed by atoms with van der Waals surface area (Å²) in [5.74, 6) is -0.376. The van der Waals surface area contributed by atoms with E-state index in [1.54, 1.807) is 12.1 Å². The molecule has 1 aliphatic heterocycles. The first-order chi connectivity index (χ1) is 15.8. The minimum Gasteiger partial charge on any atom is -0.406 e. The zero-order valence-electron chi connectivity index (χ0n) is 17.3. The molecule has 33 heavy (non-hydrogen) atoms. The number of amides is 1. The molecule has 3 aromatic rings. The summed E-state index contributed by atoms with van der Waals surface area (Å²) in [7, 11) is 0. The number of anilines is 2. The fraction of sp³-hybridized carbons (Fsp3) is 0.261. The van der Waals surface area contributed by atoms with E-state index in [-0.39, 0.29) is 23.4 Å². The molecule has 2 heterocycles. The molecule has 0 unspecified atom stereocenters. The largest absolute Gasteiger partial charge is 0.573 e. The molecule has 1 amide bonds. The lowest BCUT2D eigenvalue weighted by Crippen LogP contribution is -2.38. The van der Waals surface area contributed by atoms with Crippen LogP contribution in [0.1, 0.15) is 12.8 Å². The van der Waals surface area contributed by atoms with Gasteiger partial charge in [-0.15, -0.1) is 23.4 Å². The van der Waals surface area contributed by atoms with Crippen LogP contribution >= 0.6 is 0 Å². The maximum atomic E-state index is 13.1. The Morgan fingerprint density at radius 1 is 0.939 bits per heavy atom. The summed E-state index contributed by atoms with van der Waals surface area (Å²) in [6.07, 6.45) is -3.56. The quantitative estimate of drug-likeness (QED) is 0.541. The predicted octanol–water partition coefficient (Wildman–Crippen LogP) is 5.04. The predicted molar refractivity (Wildman–Crippen MR) is 114 cm³/mol. The van der Waals surface area contributed by atoms with Crippen molar-refractivity contribution in [2.24, 2.45) is 5.92 Å². The first-order valence-electron chi connectivity index (χ1n) is 10.3. The van der Waals surface area contributed by atoms with Crippen molar-refractivity contribution in [3.05, 3.63) is 66.5 Å². The Bertz CT molecular complexity index is 1080. The van der Waals surface area contributed by atoms with Crippen LogP contribution in [0.25, 0.3) is 11.3 Å². The van der Waals surface area contributed by atoms with Crippen LogP contribution in [0.3, 0.4) is 0 Å². The summed E-state index contributed by atoms with van der Waals surface area (Å²) >= 11 is 0. The lowest BCUT2D eigenvalue weighted by Gasteiger charge is -2.31. The van der Waals surface area contributed by atoms with Gasteiger partial charge in [0.15, 0.2) is 5.82 Å². The van der Waals surface area contributed by atoms with Crippen molar-refractivity contribution in [1.29, 1.82) is 0 Å². The van der Waals surface area contributed by atoms with E-state index in [0.29, 0.717) is 43.1 Å². The number of hydrogen-bond donors (Lipinski definition) is 1. The molecule has 1 aliphatic rings. The second-order valence-corrected chi connectivity index (χ2v) is 7.61. The normalized spacial score (nSPS) is 14.7. The van der Waals surface area contributed by atoms with E-state index >= 15 is 0 Å². The molecule has 0 atom stereocenters. The maximum absolute atomic E-state index is 13.1. The third kappa shape index (κ3) is 5.97. The van der Waals surface area contributed by atoms with Gasteiger partial charge in [-0.05, 0) is 73.5 Å². The smallest absolute Gasteiger partial charge is 0.406 e. The Morgan fingerprint density at radius 2 is 1.61 bits per heavy atom. The third-order valence-corrected chi connectivity index (χ3v) is 5.34. The molecule has 1 aromatic heterocycles. The number of nitrogens with zero attached hydrogens (tertiary/aromatic N) is 3. The number of carbonyl (C=O) groups is 1. The molecule has 10 heteroatoms. The Hall–Kier alpha value is -3.69. The van der Waals surface area contributed by atoms with Gasteiger partial charge in [-0.1, -0.05) is 0 Å². The van der Waals surface area contributed by atoms with E-state index in [2.05, 4.69) is 20.3 Å². The van der Waals surface area contributed by atoms with Gasteiger partial charge in [-0.25, -0.2) is 4.39 Å². The molecule has 1 N–H and O–H groups in total. The van der Waals surface area contributed by atoms with Crippen molar-refractivity contribution >= 4 is 17.4 Å². The highest BCUT2D eigenvalue weighted by Crippen LogP contribution is 2.26. The standard InChI is InChI=1S/C23H20F4N4O2/c24-17-3-1-15(2-4-17)20-9-10-21(30-29-20)31-13-11-16(12-14-31)22(32)28-18-5-7-19(8-6-18)33-23(25,26)27/h1-10,16H,11-14H2,(H,28,32). The molecule has 0 bridgehead atoms. The Balaban J connectivity index is 1.29. The molecule has 1 saturated heterocycles. The number of aromatic nitrogens is 2. The van der Waals surface area contributed by atoms with Crippen LogP contribution < -0.4 is 15.0 Å². The molecule has 1 fully saturated rings. The van der Waals surface area contributed by atoms with Gasteiger partial charge in [0.2, 0.25) is 5.91 Å². The van der Waals surface area contributed by atoms with Gasteiger partial charge in [-0.3, -0.25) is 4.79 Å². The molecule has 0 spiro atoms. The second kappa shape index (κ2) is 9.43. The molecule has 172 valence electrons. The Morgan fingerprint density at radius 3 is 2.18 bits per heavy atom. The fourth-order valence-corrected chi connectivity index (χ4v) is 3.62. The highest BCUT2D eigenvalue weighted by atomic mass is 19.4. The maximum Gasteiger partial charge on any atom is 0.573 e. The lowest BCUT2D eigenvalue weighted by molar-refractivity contribution is -0.274. The number of nitrogens with one attached hydrogen (secondary N) is 1. The van der Waals surface area contributed by atoms with Gasteiger partial charge in [0.25, 0.3) is 0 Å². The molecule has 4 rings (SSSR count). The molecule has 0 aliphatic carbocycles. The molecule has 6 nitrogen and oxygen atoms in total. The first kappa shape index (κ1) is 22.5. The molecular weight excluding hydrogens is 440 g/mol. The number of hydrogen-bond acceptors (Lipinski definition) is 5. The summed E-state index contributed by atoms with van der Waals surface area (Å²) in [6, 6.07) is 14.7. The average Bonchev–Trinajstić information content (AvgIpc) is 2.80. The SMILES string of the molecule is O=C(Nc1ccc(OC(F)(F)F)cc1)C1CCN(c2ccc(-c3ccc(F)cc3)nn2)CC1. The van der Waals surface area contributed by atoms with Crippen molar-refractivity contribution in [1.82, 2.24) is 10.2 Å². The number of rotatable bonds is 5. The van der Waals surface area contributed by atoms with Gasteiger partial charge in [0, 0.05) is 30.3 Å². The third-order valence-electron chi connectivity index (χ3n) is 5.34. The molecule has 2 aromatic carbocycles. The highest BCUT2D eigenvalue weighted by molar-refractivity contribution is 5.92. The molecule has 0 radical (unpaired) electrons. The topological polar surface area (TPSA) is 67.3 Å². The van der Waals surface area contributed by atoms with Crippen molar-refractivity contribution in [2.75, 3.05) is 23.3 Å². The summed E-state index contributed by atoms with van der Waals surface area (Å²) in [5, 5.41) is 11.2. The highest BCUT2D eigenvalue weighted by Gasteiger charge is 2.31. The lowest BCUT2D eigenvalue weighted by atomic mass is 9.95. The number of halogens is 4. The number of carbonyl (C=O) groups excluding carboxylic acids is 1. The number of ether oxygens (including phenoxy) is 1. The van der Waals surface area contributed by atoms with E-state index in [1.807, 2.05) is 17.0 Å². The van der Waals surface area contributed by atoms with Crippen LogP contribution in [-0.2, 0) is 4.79 Å². The fourth-order valence-electron chi connectivity index (χ4n) is 3.62. The number of alkyl halides is 3. The number of piperidine rings is 1. The molecule has 0 saturated carbocycles. The monoisotopic (exact) mass is 460 g/mol. The Labute approximate surface area is 187 Å². The summed E-state index contributed by atoms with van der Waals surface area (Å²) in [5.41, 5.74) is 1.81. The van der Waals surface area contributed by atoms with E-state index < -0.39 is 6.36 Å². The van der Waals surface area contributed by atoms with Crippen molar-refractivity contribution in [2.45, 2.75) is 19.2 Å². The van der Waals surface area contributed by atoms with Gasteiger partial charge in [0.1, 0.15) is 11.6 Å². The minimum atomic E-state index is -4.76. The summed E-state index contributed by atoms with van der Waals surface area (Å²) < 4.78 is 53.6. The van der Waals surface area contributed by atoms with Crippen molar-refractivity contribution in [3.63, 3.8) is 0 Å². The average molecular weight is 460 g/mol. The van der Waals surface area contributed by atoms with Crippen LogP contribution in [0.15, 0.2) is 60.7 Å². The van der Waals surface area contributed by atoms with E-state index in [0.717, 1.165) is 17.7 Å². The van der Waals surface area contributed by atoms with Crippen molar-refractivity contribution in [3.8, 4) is 17.0 Å². The van der Waals surface area contributed by atoms with Crippen LogP contribution in [0.5, 0.6) is 5.75 Å². The zero-order chi connectivity index (χ0) is 23.4. The van der Waals surface area contributed by atoms with Gasteiger partial charge >= 0.3 is 6.36 Å². The van der Waals surface area contributed by atoms with Crippen LogP contribution in [0.2, 0.25) is 0 Å². The first-order valence-corrected chi connectivity index (χ1v) is 10.3. The van der Waals surface area contributed by atoms with Gasteiger partial charge in [0.05, 0.1) is 5.69 Å². The summed E-state index contributed by atoms with van der Waals surface area (Å²) in [4.78, 5) is 14.6. The number of benzene rings is 2.